The van der Waals surface area contributed by atoms with Gasteiger partial charge in [-0.15, -0.1) is 0 Å². The molecule has 0 radical (unpaired) electrons. The Labute approximate surface area is 188 Å². The molecule has 2 N–H and O–H groups in total. The van der Waals surface area contributed by atoms with Gasteiger partial charge in [-0.2, -0.15) is 5.10 Å². The third-order valence-electron chi connectivity index (χ3n) is 5.11. The maximum atomic E-state index is 12.7. The molecule has 0 saturated carbocycles. The molecule has 1 aromatic carbocycles. The number of hydrogen-bond donors (Lipinski definition) is 2. The van der Waals surface area contributed by atoms with Gasteiger partial charge in [0.15, 0.2) is 5.76 Å². The number of carbonyl (C=O) groups is 2. The van der Waals surface area contributed by atoms with E-state index in [0.717, 1.165) is 45.5 Å². The molecular weight excluding hydrogens is 460 g/mol. The predicted octanol–water partition coefficient (Wildman–Crippen LogP) is 4.15. The maximum Gasteiger partial charge on any atom is 0.287 e. The van der Waals surface area contributed by atoms with Gasteiger partial charge < -0.3 is 9.73 Å². The fourth-order valence-corrected chi connectivity index (χ4v) is 3.81. The van der Waals surface area contributed by atoms with E-state index in [2.05, 4.69) is 36.8 Å². The number of aromatic nitrogens is 1. The minimum atomic E-state index is -0.289. The summed E-state index contributed by atoms with van der Waals surface area (Å²) in [7, 11) is 0. The number of carbonyl (C=O) groups excluding carboxylic acids is 2. The molecule has 0 aliphatic heterocycles. The van der Waals surface area contributed by atoms with Crippen molar-refractivity contribution in [2.45, 2.75) is 32.7 Å². The van der Waals surface area contributed by atoms with E-state index >= 15 is 0 Å². The van der Waals surface area contributed by atoms with Gasteiger partial charge in [-0.25, -0.2) is 5.43 Å². The number of amides is 2. The molecular formula is C23H21BrN4O3. The van der Waals surface area contributed by atoms with Crippen molar-refractivity contribution in [3.8, 4) is 0 Å². The fourth-order valence-electron chi connectivity index (χ4n) is 3.55. The van der Waals surface area contributed by atoms with E-state index in [0.29, 0.717) is 18.5 Å². The number of benzene rings is 1. The normalized spacial score (nSPS) is 14.2. The van der Waals surface area contributed by atoms with E-state index in [1.165, 1.54) is 0 Å². The molecule has 158 valence electrons. The highest BCUT2D eigenvalue weighted by Gasteiger charge is 2.28. The Kier molecular flexibility index (Phi) is 6.27. The van der Waals surface area contributed by atoms with Gasteiger partial charge in [-0.05, 0) is 55.7 Å². The number of fused-ring (bicyclic) bond motifs is 1. The topological polar surface area (TPSA) is 96.6 Å². The van der Waals surface area contributed by atoms with Crippen LogP contribution in [0.5, 0.6) is 0 Å². The zero-order valence-corrected chi connectivity index (χ0v) is 18.5. The molecule has 4 rings (SSSR count). The molecule has 1 aliphatic carbocycles. The summed E-state index contributed by atoms with van der Waals surface area (Å²) in [5, 5.41) is 7.23. The number of hydrazone groups is 1. The van der Waals surface area contributed by atoms with Gasteiger partial charge in [0.1, 0.15) is 5.76 Å². The molecule has 0 atom stereocenters. The quantitative estimate of drug-likeness (QED) is 0.536. The lowest BCUT2D eigenvalue weighted by Crippen LogP contribution is -2.23. The molecule has 1 aliphatic rings. The van der Waals surface area contributed by atoms with E-state index in [4.69, 9.17) is 4.42 Å². The molecule has 0 fully saturated rings. The number of aryl methyl sites for hydroxylation is 1. The van der Waals surface area contributed by atoms with Crippen molar-refractivity contribution in [3.05, 3.63) is 87.0 Å². The minimum absolute atomic E-state index is 0.280. The van der Waals surface area contributed by atoms with Gasteiger partial charge >= 0.3 is 0 Å². The highest BCUT2D eigenvalue weighted by Crippen LogP contribution is 2.30. The van der Waals surface area contributed by atoms with Crippen LogP contribution in [0.25, 0.3) is 0 Å². The standard InChI is InChI=1S/C23H21BrN4O3/c1-14-20-18(27-28-22(29)16-7-9-17(24)10-8-16)5-2-6-19(20)31-21(14)23(30)26-13-15-4-3-11-25-12-15/h3-4,7-12H,2,5-6,13H2,1H3,(H,26,30)(H,28,29)/b27-18+. The summed E-state index contributed by atoms with van der Waals surface area (Å²) in [6.07, 6.45) is 5.66. The van der Waals surface area contributed by atoms with Crippen LogP contribution in [-0.4, -0.2) is 22.5 Å². The van der Waals surface area contributed by atoms with Crippen LogP contribution >= 0.6 is 15.9 Å². The average Bonchev–Trinajstić information content (AvgIpc) is 3.14. The van der Waals surface area contributed by atoms with Crippen molar-refractivity contribution in [2.75, 3.05) is 0 Å². The first-order chi connectivity index (χ1) is 15.0. The van der Waals surface area contributed by atoms with Crippen LogP contribution in [0, 0.1) is 6.92 Å². The number of nitrogens with one attached hydrogen (secondary N) is 2. The molecule has 0 spiro atoms. The summed E-state index contributed by atoms with van der Waals surface area (Å²) in [6, 6.07) is 10.8. The van der Waals surface area contributed by atoms with Crippen molar-refractivity contribution >= 4 is 33.5 Å². The molecule has 8 heteroatoms. The zero-order chi connectivity index (χ0) is 21.8. The molecule has 0 unspecified atom stereocenters. The molecule has 7 nitrogen and oxygen atoms in total. The second-order valence-corrected chi connectivity index (χ2v) is 8.17. The molecule has 2 amide bonds. The smallest absolute Gasteiger partial charge is 0.287 e. The first-order valence-corrected chi connectivity index (χ1v) is 10.7. The second kappa shape index (κ2) is 9.26. The third kappa shape index (κ3) is 4.74. The van der Waals surface area contributed by atoms with Crippen molar-refractivity contribution in [3.63, 3.8) is 0 Å². The Bertz CT molecular complexity index is 1140. The Morgan fingerprint density at radius 2 is 1.97 bits per heavy atom. The molecule has 2 aromatic heterocycles. The van der Waals surface area contributed by atoms with Crippen LogP contribution < -0.4 is 10.7 Å². The van der Waals surface area contributed by atoms with E-state index in [1.54, 1.807) is 36.7 Å². The fraction of sp³-hybridized carbons (Fsp3) is 0.217. The van der Waals surface area contributed by atoms with E-state index in [1.807, 2.05) is 19.1 Å². The van der Waals surface area contributed by atoms with Crippen LogP contribution in [0.15, 0.2) is 62.8 Å². The maximum absolute atomic E-state index is 12.7. The molecule has 3 aromatic rings. The summed E-state index contributed by atoms with van der Waals surface area (Å²) in [4.78, 5) is 29.2. The second-order valence-electron chi connectivity index (χ2n) is 7.26. The number of hydrogen-bond acceptors (Lipinski definition) is 5. The monoisotopic (exact) mass is 480 g/mol. The van der Waals surface area contributed by atoms with E-state index in [-0.39, 0.29) is 17.6 Å². The third-order valence-corrected chi connectivity index (χ3v) is 5.64. The predicted molar refractivity (Wildman–Crippen MR) is 120 cm³/mol. The lowest BCUT2D eigenvalue weighted by Gasteiger charge is -2.13. The molecule has 31 heavy (non-hydrogen) atoms. The largest absolute Gasteiger partial charge is 0.455 e. The zero-order valence-electron chi connectivity index (χ0n) is 16.9. The summed E-state index contributed by atoms with van der Waals surface area (Å²) in [5.41, 5.74) is 6.31. The van der Waals surface area contributed by atoms with Gasteiger partial charge in [0.2, 0.25) is 0 Å². The number of nitrogens with zero attached hydrogens (tertiary/aromatic N) is 2. The SMILES string of the molecule is Cc1c(C(=O)NCc2cccnc2)oc2c1/C(=N/NC(=O)c1ccc(Br)cc1)CCC2. The van der Waals surface area contributed by atoms with E-state index < -0.39 is 0 Å². The van der Waals surface area contributed by atoms with Crippen molar-refractivity contribution in [2.24, 2.45) is 5.10 Å². The number of halogens is 1. The summed E-state index contributed by atoms with van der Waals surface area (Å²) >= 11 is 3.35. The lowest BCUT2D eigenvalue weighted by atomic mass is 9.93. The average molecular weight is 481 g/mol. The minimum Gasteiger partial charge on any atom is -0.455 e. The van der Waals surface area contributed by atoms with Gasteiger partial charge in [-0.3, -0.25) is 14.6 Å². The van der Waals surface area contributed by atoms with Crippen molar-refractivity contribution < 1.29 is 14.0 Å². The Balaban J connectivity index is 1.51. The summed E-state index contributed by atoms with van der Waals surface area (Å²) in [5.74, 6) is 0.436. The first-order valence-electron chi connectivity index (χ1n) is 9.95. The Morgan fingerprint density at radius 3 is 2.71 bits per heavy atom. The first kappa shape index (κ1) is 21.0. The van der Waals surface area contributed by atoms with Crippen LogP contribution in [0.4, 0.5) is 0 Å². The number of rotatable bonds is 5. The Hall–Kier alpha value is -3.26. The van der Waals surface area contributed by atoms with Gasteiger partial charge in [0.05, 0.1) is 5.71 Å². The van der Waals surface area contributed by atoms with Crippen LogP contribution in [0.2, 0.25) is 0 Å². The van der Waals surface area contributed by atoms with Gasteiger partial charge in [0, 0.05) is 46.5 Å². The van der Waals surface area contributed by atoms with Crippen LogP contribution in [-0.2, 0) is 13.0 Å². The number of furan rings is 1. The molecule has 0 bridgehead atoms. The van der Waals surface area contributed by atoms with Crippen LogP contribution in [0.3, 0.4) is 0 Å². The highest BCUT2D eigenvalue weighted by atomic mass is 79.9. The molecule has 2 heterocycles. The highest BCUT2D eigenvalue weighted by molar-refractivity contribution is 9.10. The van der Waals surface area contributed by atoms with E-state index in [9.17, 15) is 9.59 Å². The number of pyridine rings is 1. The lowest BCUT2D eigenvalue weighted by molar-refractivity contribution is 0.0919. The van der Waals surface area contributed by atoms with Gasteiger partial charge in [-0.1, -0.05) is 22.0 Å². The summed E-state index contributed by atoms with van der Waals surface area (Å²) < 4.78 is 6.79. The summed E-state index contributed by atoms with van der Waals surface area (Å²) in [6.45, 7) is 2.21. The van der Waals surface area contributed by atoms with Gasteiger partial charge in [0.25, 0.3) is 11.8 Å². The van der Waals surface area contributed by atoms with Crippen molar-refractivity contribution in [1.29, 1.82) is 0 Å². The van der Waals surface area contributed by atoms with Crippen LogP contribution in [0.1, 0.15) is 56.2 Å². The molecule has 0 saturated heterocycles. The Morgan fingerprint density at radius 1 is 1.16 bits per heavy atom. The van der Waals surface area contributed by atoms with Crippen molar-refractivity contribution in [1.82, 2.24) is 15.7 Å².